The van der Waals surface area contributed by atoms with Gasteiger partial charge in [0.05, 0.1) is 6.07 Å². The molecule has 1 spiro atoms. The Labute approximate surface area is 82.8 Å². The van der Waals surface area contributed by atoms with Gasteiger partial charge in [0.15, 0.2) is 0 Å². The van der Waals surface area contributed by atoms with Gasteiger partial charge in [0.1, 0.15) is 0 Å². The molecule has 1 unspecified atom stereocenters. The fraction of sp³-hybridized carbons (Fsp3) is 0.364. The summed E-state index contributed by atoms with van der Waals surface area (Å²) in [5.74, 6) is 2.34. The van der Waals surface area contributed by atoms with Gasteiger partial charge in [-0.1, -0.05) is 24.3 Å². The minimum absolute atomic E-state index is 0.176. The van der Waals surface area contributed by atoms with E-state index in [1.807, 2.05) is 17.8 Å². The van der Waals surface area contributed by atoms with E-state index in [-0.39, 0.29) is 5.41 Å². The van der Waals surface area contributed by atoms with Crippen LogP contribution in [0.2, 0.25) is 0 Å². The van der Waals surface area contributed by atoms with Crippen molar-refractivity contribution in [2.24, 2.45) is 5.41 Å². The Morgan fingerprint density at radius 3 is 3.15 bits per heavy atom. The van der Waals surface area contributed by atoms with Crippen molar-refractivity contribution in [2.45, 2.75) is 6.42 Å². The summed E-state index contributed by atoms with van der Waals surface area (Å²) in [6.45, 7) is 0. The van der Waals surface area contributed by atoms with E-state index in [2.05, 4.69) is 24.3 Å². The van der Waals surface area contributed by atoms with Crippen LogP contribution in [-0.4, -0.2) is 11.5 Å². The van der Waals surface area contributed by atoms with Crippen LogP contribution in [0, 0.1) is 16.7 Å². The highest BCUT2D eigenvalue weighted by molar-refractivity contribution is 7.99. The van der Waals surface area contributed by atoms with Crippen molar-refractivity contribution in [3.05, 3.63) is 36.0 Å². The van der Waals surface area contributed by atoms with Gasteiger partial charge in [0.25, 0.3) is 0 Å². The van der Waals surface area contributed by atoms with Gasteiger partial charge in [-0.3, -0.25) is 0 Å². The summed E-state index contributed by atoms with van der Waals surface area (Å²) in [6, 6.07) is 2.13. The van der Waals surface area contributed by atoms with E-state index in [1.54, 1.807) is 6.08 Å². The van der Waals surface area contributed by atoms with Gasteiger partial charge in [-0.15, -0.1) is 0 Å². The average Bonchev–Trinajstić information content (AvgIpc) is 2.59. The number of allylic oxidation sites excluding steroid dienone is 6. The van der Waals surface area contributed by atoms with Crippen molar-refractivity contribution in [1.82, 2.24) is 0 Å². The lowest BCUT2D eigenvalue weighted by molar-refractivity contribution is 0.540. The molecule has 0 bridgehead atoms. The highest BCUT2D eigenvalue weighted by atomic mass is 32.2. The molecule has 1 aliphatic carbocycles. The van der Waals surface area contributed by atoms with Gasteiger partial charge < -0.3 is 0 Å². The Kier molecular flexibility index (Phi) is 2.28. The van der Waals surface area contributed by atoms with Crippen LogP contribution >= 0.6 is 11.8 Å². The Morgan fingerprint density at radius 2 is 2.46 bits per heavy atom. The van der Waals surface area contributed by atoms with E-state index < -0.39 is 0 Å². The largest absolute Gasteiger partial charge is 0.193 e. The van der Waals surface area contributed by atoms with Crippen LogP contribution in [0.5, 0.6) is 0 Å². The lowest BCUT2D eigenvalue weighted by Gasteiger charge is -2.27. The zero-order valence-electron chi connectivity index (χ0n) is 7.36. The van der Waals surface area contributed by atoms with Gasteiger partial charge in [-0.05, 0) is 17.7 Å². The molecule has 1 nitrogen and oxygen atoms in total. The minimum Gasteiger partial charge on any atom is -0.193 e. The Balaban J connectivity index is 2.36. The topological polar surface area (TPSA) is 23.8 Å². The molecule has 0 radical (unpaired) electrons. The molecule has 2 rings (SSSR count). The molecule has 66 valence electrons. The molecular weight excluding hydrogens is 178 g/mol. The maximum Gasteiger partial charge on any atom is 0.0915 e. The monoisotopic (exact) mass is 189 g/mol. The molecular formula is C11H11NS. The second kappa shape index (κ2) is 3.43. The van der Waals surface area contributed by atoms with E-state index in [1.165, 1.54) is 17.7 Å². The molecule has 0 saturated carbocycles. The molecule has 1 saturated heterocycles. The second-order valence-corrected chi connectivity index (χ2v) is 4.51. The predicted octanol–water partition coefficient (Wildman–Crippen LogP) is 2.69. The highest BCUT2D eigenvalue weighted by Crippen LogP contribution is 2.45. The number of nitriles is 1. The van der Waals surface area contributed by atoms with E-state index in [4.69, 9.17) is 5.26 Å². The van der Waals surface area contributed by atoms with Gasteiger partial charge >= 0.3 is 0 Å². The molecule has 1 fully saturated rings. The van der Waals surface area contributed by atoms with Crippen molar-refractivity contribution in [1.29, 1.82) is 5.26 Å². The van der Waals surface area contributed by atoms with E-state index in [0.29, 0.717) is 0 Å². The number of rotatable bonds is 0. The second-order valence-electron chi connectivity index (χ2n) is 3.41. The van der Waals surface area contributed by atoms with Gasteiger partial charge in [-0.2, -0.15) is 17.0 Å². The van der Waals surface area contributed by atoms with Crippen molar-refractivity contribution in [3.63, 3.8) is 0 Å². The van der Waals surface area contributed by atoms with Crippen LogP contribution in [-0.2, 0) is 0 Å². The summed E-state index contributed by atoms with van der Waals surface area (Å²) < 4.78 is 0. The van der Waals surface area contributed by atoms with E-state index >= 15 is 0 Å². The van der Waals surface area contributed by atoms with Crippen LogP contribution in [0.25, 0.3) is 0 Å². The molecule has 1 aliphatic heterocycles. The third-order valence-electron chi connectivity index (χ3n) is 2.65. The van der Waals surface area contributed by atoms with Gasteiger partial charge in [-0.25, -0.2) is 0 Å². The van der Waals surface area contributed by atoms with Crippen LogP contribution in [0.1, 0.15) is 6.42 Å². The molecule has 0 aromatic carbocycles. The third-order valence-corrected chi connectivity index (χ3v) is 3.86. The lowest BCUT2D eigenvalue weighted by Crippen LogP contribution is -2.20. The van der Waals surface area contributed by atoms with Crippen molar-refractivity contribution < 1.29 is 0 Å². The molecule has 2 aliphatic rings. The maximum atomic E-state index is 8.67. The first kappa shape index (κ1) is 8.65. The minimum atomic E-state index is 0.176. The summed E-state index contributed by atoms with van der Waals surface area (Å²) in [7, 11) is 0. The van der Waals surface area contributed by atoms with Crippen molar-refractivity contribution in [2.75, 3.05) is 11.5 Å². The molecule has 1 heterocycles. The van der Waals surface area contributed by atoms with Gasteiger partial charge in [0, 0.05) is 17.2 Å². The van der Waals surface area contributed by atoms with E-state index in [9.17, 15) is 0 Å². The van der Waals surface area contributed by atoms with Crippen molar-refractivity contribution in [3.8, 4) is 6.07 Å². The van der Waals surface area contributed by atoms with Crippen LogP contribution < -0.4 is 0 Å². The maximum absolute atomic E-state index is 8.67. The number of hydrogen-bond acceptors (Lipinski definition) is 2. The highest BCUT2D eigenvalue weighted by Gasteiger charge is 2.35. The Bertz CT molecular complexity index is 324. The zero-order valence-corrected chi connectivity index (χ0v) is 8.18. The smallest absolute Gasteiger partial charge is 0.0915 e. The number of hydrogen-bond donors (Lipinski definition) is 0. The van der Waals surface area contributed by atoms with Crippen LogP contribution in [0.3, 0.4) is 0 Å². The molecule has 0 aromatic heterocycles. The Morgan fingerprint density at radius 1 is 1.54 bits per heavy atom. The molecule has 2 heteroatoms. The number of nitrogens with zero attached hydrogens (tertiary/aromatic N) is 1. The summed E-state index contributed by atoms with van der Waals surface area (Å²) in [5.41, 5.74) is 1.36. The summed E-state index contributed by atoms with van der Waals surface area (Å²) in [4.78, 5) is 0. The quantitative estimate of drug-likeness (QED) is 0.547. The normalized spacial score (nSPS) is 34.2. The SMILES string of the molecule is N#C/C=C1\C=CC=CC12CCSC2. The first-order valence-electron chi connectivity index (χ1n) is 4.41. The summed E-state index contributed by atoms with van der Waals surface area (Å²) in [6.07, 6.45) is 11.3. The summed E-state index contributed by atoms with van der Waals surface area (Å²) >= 11 is 1.97. The van der Waals surface area contributed by atoms with Crippen molar-refractivity contribution >= 4 is 11.8 Å². The van der Waals surface area contributed by atoms with Crippen LogP contribution in [0.4, 0.5) is 0 Å². The fourth-order valence-corrected chi connectivity index (χ4v) is 3.29. The predicted molar refractivity (Wildman–Crippen MR) is 56.4 cm³/mol. The first-order chi connectivity index (χ1) is 6.37. The standard InChI is InChI=1S/C11H11NS/c12-7-4-10-3-1-2-5-11(10)6-8-13-9-11/h1-5H,6,8-9H2/b10-4+. The fourth-order valence-electron chi connectivity index (χ4n) is 1.86. The zero-order chi connectivity index (χ0) is 9.15. The molecule has 13 heavy (non-hydrogen) atoms. The third kappa shape index (κ3) is 1.45. The molecule has 1 atom stereocenters. The average molecular weight is 189 g/mol. The van der Waals surface area contributed by atoms with E-state index in [0.717, 1.165) is 5.75 Å². The Hall–Kier alpha value is -0.940. The summed E-state index contributed by atoms with van der Waals surface area (Å²) in [5, 5.41) is 8.67. The molecule has 0 amide bonds. The van der Waals surface area contributed by atoms with Crippen LogP contribution in [0.15, 0.2) is 36.0 Å². The molecule has 0 aromatic rings. The molecule has 0 N–H and O–H groups in total. The van der Waals surface area contributed by atoms with Gasteiger partial charge in [0.2, 0.25) is 0 Å². The number of thioether (sulfide) groups is 1. The lowest BCUT2D eigenvalue weighted by atomic mass is 9.77. The first-order valence-corrected chi connectivity index (χ1v) is 5.57.